The van der Waals surface area contributed by atoms with Gasteiger partial charge in [-0.2, -0.15) is 5.26 Å². The number of rotatable bonds is 4. The molecule has 0 saturated heterocycles. The largest absolute Gasteiger partial charge is 0.497 e. The summed E-state index contributed by atoms with van der Waals surface area (Å²) in [7, 11) is 1.65. The zero-order chi connectivity index (χ0) is 13.7. The number of nitriles is 1. The van der Waals surface area contributed by atoms with E-state index in [4.69, 9.17) is 4.74 Å². The monoisotopic (exact) mass is 258 g/mol. The average molecular weight is 258 g/mol. The summed E-state index contributed by atoms with van der Waals surface area (Å²) in [5.41, 5.74) is 1.01. The van der Waals surface area contributed by atoms with E-state index in [1.54, 1.807) is 7.11 Å². The Bertz CT molecular complexity index is 435. The van der Waals surface area contributed by atoms with E-state index in [0.29, 0.717) is 12.0 Å². The molecule has 3 nitrogen and oxygen atoms in total. The lowest BCUT2D eigenvalue weighted by Crippen LogP contribution is -2.39. The molecule has 1 N–H and O–H groups in total. The van der Waals surface area contributed by atoms with Gasteiger partial charge in [-0.05, 0) is 36.5 Å². The predicted molar refractivity (Wildman–Crippen MR) is 75.9 cm³/mol. The standard InChI is InChI=1S/C16H22N2O/c1-12-5-3-4-6-15(12)18-16(11-17)13-7-9-14(19-2)10-8-13/h7-10,12,15-16,18H,3-6H2,1-2H3. The van der Waals surface area contributed by atoms with Crippen LogP contribution in [-0.2, 0) is 0 Å². The van der Waals surface area contributed by atoms with Crippen molar-refractivity contribution in [2.75, 3.05) is 7.11 Å². The van der Waals surface area contributed by atoms with Gasteiger partial charge in [-0.15, -0.1) is 0 Å². The average Bonchev–Trinajstić information content (AvgIpc) is 2.47. The molecule has 0 radical (unpaired) electrons. The van der Waals surface area contributed by atoms with Gasteiger partial charge >= 0.3 is 0 Å². The summed E-state index contributed by atoms with van der Waals surface area (Å²) in [4.78, 5) is 0. The first-order chi connectivity index (χ1) is 9.24. The molecule has 1 aromatic carbocycles. The van der Waals surface area contributed by atoms with Gasteiger partial charge in [0.25, 0.3) is 0 Å². The van der Waals surface area contributed by atoms with Crippen molar-refractivity contribution in [1.82, 2.24) is 5.32 Å². The lowest BCUT2D eigenvalue weighted by Gasteiger charge is -2.31. The highest BCUT2D eigenvalue weighted by Crippen LogP contribution is 2.26. The van der Waals surface area contributed by atoms with Gasteiger partial charge in [0, 0.05) is 6.04 Å². The van der Waals surface area contributed by atoms with E-state index < -0.39 is 0 Å². The van der Waals surface area contributed by atoms with Crippen molar-refractivity contribution in [3.05, 3.63) is 29.8 Å². The Kier molecular flexibility index (Phi) is 4.81. The molecule has 2 rings (SSSR count). The molecule has 1 aromatic rings. The van der Waals surface area contributed by atoms with Gasteiger partial charge in [0.05, 0.1) is 13.2 Å². The van der Waals surface area contributed by atoms with E-state index in [2.05, 4.69) is 18.3 Å². The lowest BCUT2D eigenvalue weighted by molar-refractivity contribution is 0.271. The Labute approximate surface area is 115 Å². The Morgan fingerprint density at radius 3 is 2.53 bits per heavy atom. The first-order valence-electron chi connectivity index (χ1n) is 7.04. The number of nitrogens with zero attached hydrogens (tertiary/aromatic N) is 1. The maximum atomic E-state index is 9.38. The van der Waals surface area contributed by atoms with Gasteiger partial charge < -0.3 is 4.74 Å². The first kappa shape index (κ1) is 13.9. The van der Waals surface area contributed by atoms with Crippen molar-refractivity contribution < 1.29 is 4.74 Å². The van der Waals surface area contributed by atoms with Crippen LogP contribution in [0.4, 0.5) is 0 Å². The highest BCUT2D eigenvalue weighted by Gasteiger charge is 2.24. The van der Waals surface area contributed by atoms with Crippen LogP contribution in [0.25, 0.3) is 0 Å². The molecule has 3 heteroatoms. The molecule has 0 bridgehead atoms. The molecule has 1 aliphatic carbocycles. The van der Waals surface area contributed by atoms with Gasteiger partial charge in [0.1, 0.15) is 11.8 Å². The van der Waals surface area contributed by atoms with Crippen molar-refractivity contribution in [1.29, 1.82) is 5.26 Å². The van der Waals surface area contributed by atoms with Crippen molar-refractivity contribution in [3.63, 3.8) is 0 Å². The zero-order valence-corrected chi connectivity index (χ0v) is 11.7. The zero-order valence-electron chi connectivity index (χ0n) is 11.7. The quantitative estimate of drug-likeness (QED) is 0.900. The second-order valence-corrected chi connectivity index (χ2v) is 5.37. The number of nitrogens with one attached hydrogen (secondary N) is 1. The van der Waals surface area contributed by atoms with Crippen LogP contribution in [0.3, 0.4) is 0 Å². The molecule has 3 atom stereocenters. The molecule has 3 unspecified atom stereocenters. The molecule has 0 amide bonds. The molecular weight excluding hydrogens is 236 g/mol. The second kappa shape index (κ2) is 6.58. The fourth-order valence-corrected chi connectivity index (χ4v) is 2.78. The molecule has 0 spiro atoms. The molecule has 0 aliphatic heterocycles. The number of methoxy groups -OCH3 is 1. The summed E-state index contributed by atoms with van der Waals surface area (Å²) in [6.07, 6.45) is 5.02. The van der Waals surface area contributed by atoms with Gasteiger partial charge in [-0.25, -0.2) is 0 Å². The van der Waals surface area contributed by atoms with Gasteiger partial charge in [-0.3, -0.25) is 5.32 Å². The summed E-state index contributed by atoms with van der Waals surface area (Å²) in [6.45, 7) is 2.28. The van der Waals surface area contributed by atoms with Gasteiger partial charge in [0.2, 0.25) is 0 Å². The van der Waals surface area contributed by atoms with E-state index in [-0.39, 0.29) is 6.04 Å². The van der Waals surface area contributed by atoms with Crippen LogP contribution < -0.4 is 10.1 Å². The fraction of sp³-hybridized carbons (Fsp3) is 0.562. The van der Waals surface area contributed by atoms with Crippen LogP contribution in [0.2, 0.25) is 0 Å². The molecule has 1 saturated carbocycles. The highest BCUT2D eigenvalue weighted by molar-refractivity contribution is 5.31. The summed E-state index contributed by atoms with van der Waals surface area (Å²) < 4.78 is 5.15. The van der Waals surface area contributed by atoms with Gasteiger partial charge in [0.15, 0.2) is 0 Å². The third-order valence-corrected chi connectivity index (χ3v) is 4.07. The van der Waals surface area contributed by atoms with Crippen LogP contribution in [0.15, 0.2) is 24.3 Å². The summed E-state index contributed by atoms with van der Waals surface area (Å²) >= 11 is 0. The molecule has 0 aromatic heterocycles. The number of benzene rings is 1. The minimum atomic E-state index is -0.226. The lowest BCUT2D eigenvalue weighted by atomic mass is 9.85. The third kappa shape index (κ3) is 3.48. The van der Waals surface area contributed by atoms with E-state index in [1.807, 2.05) is 24.3 Å². The number of hydrogen-bond donors (Lipinski definition) is 1. The van der Waals surface area contributed by atoms with Crippen LogP contribution >= 0.6 is 0 Å². The number of ether oxygens (including phenoxy) is 1. The van der Waals surface area contributed by atoms with E-state index in [9.17, 15) is 5.26 Å². The van der Waals surface area contributed by atoms with E-state index >= 15 is 0 Å². The maximum absolute atomic E-state index is 9.38. The Morgan fingerprint density at radius 2 is 1.95 bits per heavy atom. The number of hydrogen-bond acceptors (Lipinski definition) is 3. The Hall–Kier alpha value is -1.53. The predicted octanol–water partition coefficient (Wildman–Crippen LogP) is 3.43. The molecule has 19 heavy (non-hydrogen) atoms. The van der Waals surface area contributed by atoms with E-state index in [1.165, 1.54) is 25.7 Å². The molecule has 102 valence electrons. The van der Waals surface area contributed by atoms with Crippen LogP contribution in [0.5, 0.6) is 5.75 Å². The van der Waals surface area contributed by atoms with Crippen molar-refractivity contribution in [3.8, 4) is 11.8 Å². The smallest absolute Gasteiger partial charge is 0.121 e. The van der Waals surface area contributed by atoms with Gasteiger partial charge in [-0.1, -0.05) is 31.9 Å². The molecule has 1 aliphatic rings. The topological polar surface area (TPSA) is 45.0 Å². The molecule has 1 fully saturated rings. The summed E-state index contributed by atoms with van der Waals surface area (Å²) in [5.74, 6) is 1.48. The fourth-order valence-electron chi connectivity index (χ4n) is 2.78. The second-order valence-electron chi connectivity index (χ2n) is 5.37. The van der Waals surface area contributed by atoms with Crippen molar-refractivity contribution in [2.45, 2.75) is 44.7 Å². The SMILES string of the molecule is COc1ccc(C(C#N)NC2CCCCC2C)cc1. The van der Waals surface area contributed by atoms with Crippen molar-refractivity contribution in [2.24, 2.45) is 5.92 Å². The minimum Gasteiger partial charge on any atom is -0.497 e. The summed E-state index contributed by atoms with van der Waals surface area (Å²) in [5, 5.41) is 12.9. The molecular formula is C16H22N2O. The van der Waals surface area contributed by atoms with Crippen LogP contribution in [0.1, 0.15) is 44.2 Å². The Morgan fingerprint density at radius 1 is 1.26 bits per heavy atom. The van der Waals surface area contributed by atoms with Crippen LogP contribution in [-0.4, -0.2) is 13.2 Å². The minimum absolute atomic E-state index is 0.226. The van der Waals surface area contributed by atoms with E-state index in [0.717, 1.165) is 11.3 Å². The molecule has 0 heterocycles. The van der Waals surface area contributed by atoms with Crippen LogP contribution in [0, 0.1) is 17.2 Å². The first-order valence-corrected chi connectivity index (χ1v) is 7.04. The van der Waals surface area contributed by atoms with Crippen molar-refractivity contribution >= 4 is 0 Å². The maximum Gasteiger partial charge on any atom is 0.121 e. The Balaban J connectivity index is 2.04. The third-order valence-electron chi connectivity index (χ3n) is 4.07. The summed E-state index contributed by atoms with van der Waals surface area (Å²) in [6, 6.07) is 10.4. The normalized spacial score (nSPS) is 24.5. The highest BCUT2D eigenvalue weighted by atomic mass is 16.5.